The van der Waals surface area contributed by atoms with Gasteiger partial charge in [-0.25, -0.2) is 4.79 Å². The van der Waals surface area contributed by atoms with Gasteiger partial charge < -0.3 is 15.5 Å². The molecule has 17 heavy (non-hydrogen) atoms. The van der Waals surface area contributed by atoms with Gasteiger partial charge in [-0.2, -0.15) is 0 Å². The van der Waals surface area contributed by atoms with E-state index in [1.165, 1.54) is 0 Å². The molecule has 0 spiro atoms. The Kier molecular flexibility index (Phi) is 2.58. The van der Waals surface area contributed by atoms with Gasteiger partial charge in [0.15, 0.2) is 0 Å². The van der Waals surface area contributed by atoms with E-state index < -0.39 is 5.60 Å². The Morgan fingerprint density at radius 2 is 2.00 bits per heavy atom. The van der Waals surface area contributed by atoms with E-state index in [-0.39, 0.29) is 5.97 Å². The molecular formula is C13H16N2O2. The summed E-state index contributed by atoms with van der Waals surface area (Å²) in [6.45, 7) is 5.52. The summed E-state index contributed by atoms with van der Waals surface area (Å²) in [7, 11) is 0. The lowest BCUT2D eigenvalue weighted by atomic mass is 10.2. The Morgan fingerprint density at radius 1 is 1.29 bits per heavy atom. The lowest BCUT2D eigenvalue weighted by molar-refractivity contribution is 0.00639. The molecule has 0 radical (unpaired) electrons. The average molecular weight is 232 g/mol. The first-order valence-electron chi connectivity index (χ1n) is 5.47. The van der Waals surface area contributed by atoms with Crippen molar-refractivity contribution in [2.24, 2.45) is 0 Å². The van der Waals surface area contributed by atoms with Crippen molar-refractivity contribution in [3.8, 4) is 0 Å². The summed E-state index contributed by atoms with van der Waals surface area (Å²) in [6.07, 6.45) is 0. The molecule has 3 N–H and O–H groups in total. The summed E-state index contributed by atoms with van der Waals surface area (Å²) in [6, 6.07) is 7.20. The molecule has 2 aromatic rings. The number of H-pyrrole nitrogens is 1. The minimum Gasteiger partial charge on any atom is -0.455 e. The number of benzene rings is 1. The monoisotopic (exact) mass is 232 g/mol. The summed E-state index contributed by atoms with van der Waals surface area (Å²) in [5.74, 6) is -0.354. The molecule has 4 nitrogen and oxygen atoms in total. The third-order valence-electron chi connectivity index (χ3n) is 2.26. The Hall–Kier alpha value is -1.97. The number of nitrogens with one attached hydrogen (secondary N) is 1. The van der Waals surface area contributed by atoms with Crippen LogP contribution in [0.15, 0.2) is 24.3 Å². The van der Waals surface area contributed by atoms with Crippen LogP contribution in [0.1, 0.15) is 31.3 Å². The van der Waals surface area contributed by atoms with E-state index in [0.717, 1.165) is 10.9 Å². The van der Waals surface area contributed by atoms with Crippen LogP contribution in [0.4, 0.5) is 5.69 Å². The molecule has 1 aromatic carbocycles. The summed E-state index contributed by atoms with van der Waals surface area (Å²) in [5, 5.41) is 0.908. The van der Waals surface area contributed by atoms with Crippen LogP contribution in [0, 0.1) is 0 Å². The molecule has 0 aliphatic rings. The maximum Gasteiger partial charge on any atom is 0.355 e. The highest BCUT2D eigenvalue weighted by Gasteiger charge is 2.19. The number of fused-ring (bicyclic) bond motifs is 1. The van der Waals surface area contributed by atoms with Gasteiger partial charge in [-0.15, -0.1) is 0 Å². The normalized spacial score (nSPS) is 11.7. The number of rotatable bonds is 1. The molecule has 0 aliphatic carbocycles. The van der Waals surface area contributed by atoms with Crippen molar-refractivity contribution in [1.82, 2.24) is 4.98 Å². The van der Waals surface area contributed by atoms with Crippen molar-refractivity contribution in [1.29, 1.82) is 0 Å². The van der Waals surface area contributed by atoms with Crippen molar-refractivity contribution >= 4 is 22.6 Å². The quantitative estimate of drug-likeness (QED) is 0.586. The van der Waals surface area contributed by atoms with Gasteiger partial charge in [0.05, 0.1) is 0 Å². The van der Waals surface area contributed by atoms with Gasteiger partial charge >= 0.3 is 5.97 Å². The third kappa shape index (κ3) is 2.58. The average Bonchev–Trinajstić information content (AvgIpc) is 2.57. The summed E-state index contributed by atoms with van der Waals surface area (Å²) in [4.78, 5) is 14.8. The molecule has 0 atom stereocenters. The summed E-state index contributed by atoms with van der Waals surface area (Å²) >= 11 is 0. The van der Waals surface area contributed by atoms with Gasteiger partial charge in [0.25, 0.3) is 0 Å². The topological polar surface area (TPSA) is 68.1 Å². The van der Waals surface area contributed by atoms with Crippen molar-refractivity contribution < 1.29 is 9.53 Å². The van der Waals surface area contributed by atoms with E-state index in [4.69, 9.17) is 10.5 Å². The minimum atomic E-state index is -0.493. The molecule has 4 heteroatoms. The molecule has 1 heterocycles. The van der Waals surface area contributed by atoms with Crippen molar-refractivity contribution in [2.45, 2.75) is 26.4 Å². The second kappa shape index (κ2) is 3.80. The van der Waals surface area contributed by atoms with Crippen LogP contribution in [-0.2, 0) is 4.74 Å². The van der Waals surface area contributed by atoms with Crippen molar-refractivity contribution in [3.05, 3.63) is 30.0 Å². The molecule has 0 fully saturated rings. The summed E-state index contributed by atoms with van der Waals surface area (Å²) in [5.41, 5.74) is 7.18. The van der Waals surface area contributed by atoms with Crippen LogP contribution in [0.2, 0.25) is 0 Å². The van der Waals surface area contributed by atoms with E-state index in [2.05, 4.69) is 4.98 Å². The second-order valence-electron chi connectivity index (χ2n) is 5.03. The van der Waals surface area contributed by atoms with E-state index >= 15 is 0 Å². The molecule has 0 amide bonds. The highest BCUT2D eigenvalue weighted by molar-refractivity contribution is 5.95. The molecule has 90 valence electrons. The van der Waals surface area contributed by atoms with Crippen LogP contribution in [0.3, 0.4) is 0 Å². The molecule has 0 saturated heterocycles. The number of nitrogen functional groups attached to an aromatic ring is 1. The van der Waals surface area contributed by atoms with E-state index in [1.54, 1.807) is 12.1 Å². The fraction of sp³-hybridized carbons (Fsp3) is 0.308. The van der Waals surface area contributed by atoms with Crippen LogP contribution in [-0.4, -0.2) is 16.6 Å². The third-order valence-corrected chi connectivity index (χ3v) is 2.26. The molecular weight excluding hydrogens is 216 g/mol. The van der Waals surface area contributed by atoms with Gasteiger partial charge in [-0.1, -0.05) is 0 Å². The number of hydrogen-bond donors (Lipinski definition) is 2. The van der Waals surface area contributed by atoms with Crippen LogP contribution in [0.25, 0.3) is 10.9 Å². The van der Waals surface area contributed by atoms with Gasteiger partial charge in [0, 0.05) is 16.6 Å². The predicted molar refractivity (Wildman–Crippen MR) is 67.9 cm³/mol. The first-order chi connectivity index (χ1) is 7.85. The second-order valence-corrected chi connectivity index (χ2v) is 5.03. The van der Waals surface area contributed by atoms with Gasteiger partial charge in [0.1, 0.15) is 11.3 Å². The number of anilines is 1. The first kappa shape index (κ1) is 11.5. The first-order valence-corrected chi connectivity index (χ1v) is 5.47. The number of carbonyl (C=O) groups excluding carboxylic acids is 1. The number of carbonyl (C=O) groups is 1. The fourth-order valence-corrected chi connectivity index (χ4v) is 1.59. The largest absolute Gasteiger partial charge is 0.455 e. The van der Waals surface area contributed by atoms with Crippen molar-refractivity contribution in [2.75, 3.05) is 5.73 Å². The van der Waals surface area contributed by atoms with E-state index in [0.29, 0.717) is 11.4 Å². The lowest BCUT2D eigenvalue weighted by Crippen LogP contribution is -2.24. The maximum absolute atomic E-state index is 11.8. The van der Waals surface area contributed by atoms with Crippen LogP contribution >= 0.6 is 0 Å². The number of hydrogen-bond acceptors (Lipinski definition) is 3. The highest BCUT2D eigenvalue weighted by atomic mass is 16.6. The number of aromatic amines is 1. The Balaban J connectivity index is 2.33. The molecule has 0 aliphatic heterocycles. The Morgan fingerprint density at radius 3 is 2.65 bits per heavy atom. The predicted octanol–water partition coefficient (Wildman–Crippen LogP) is 2.71. The minimum absolute atomic E-state index is 0.354. The lowest BCUT2D eigenvalue weighted by Gasteiger charge is -2.18. The number of esters is 1. The highest BCUT2D eigenvalue weighted by Crippen LogP contribution is 2.20. The number of ether oxygens (including phenoxy) is 1. The van der Waals surface area contributed by atoms with Crippen LogP contribution in [0.5, 0.6) is 0 Å². The fourth-order valence-electron chi connectivity index (χ4n) is 1.59. The van der Waals surface area contributed by atoms with E-state index in [1.807, 2.05) is 32.9 Å². The zero-order valence-corrected chi connectivity index (χ0v) is 10.2. The molecule has 0 unspecified atom stereocenters. The zero-order valence-electron chi connectivity index (χ0n) is 10.2. The van der Waals surface area contributed by atoms with E-state index in [9.17, 15) is 4.79 Å². The zero-order chi connectivity index (χ0) is 12.6. The molecule has 2 rings (SSSR count). The van der Waals surface area contributed by atoms with Gasteiger partial charge in [-0.3, -0.25) is 0 Å². The summed E-state index contributed by atoms with van der Waals surface area (Å²) < 4.78 is 5.28. The Labute approximate surface area is 99.8 Å². The smallest absolute Gasteiger partial charge is 0.355 e. The Bertz CT molecular complexity index is 564. The van der Waals surface area contributed by atoms with Crippen LogP contribution < -0.4 is 5.73 Å². The number of nitrogens with two attached hydrogens (primary N) is 1. The SMILES string of the molecule is CC(C)(C)OC(=O)c1cc2cc(N)ccc2[nH]1. The van der Waals surface area contributed by atoms with Gasteiger partial charge in [-0.05, 0) is 45.0 Å². The molecule has 0 saturated carbocycles. The molecule has 0 bridgehead atoms. The standard InChI is InChI=1S/C13H16N2O2/c1-13(2,3)17-12(16)11-7-8-6-9(14)4-5-10(8)15-11/h4-7,15H,14H2,1-3H3. The van der Waals surface area contributed by atoms with Gasteiger partial charge in [0.2, 0.25) is 0 Å². The molecule has 1 aromatic heterocycles. The van der Waals surface area contributed by atoms with Crippen molar-refractivity contribution in [3.63, 3.8) is 0 Å². The maximum atomic E-state index is 11.8. The number of aromatic nitrogens is 1.